The van der Waals surface area contributed by atoms with Gasteiger partial charge in [-0.1, -0.05) is 291 Å². The van der Waals surface area contributed by atoms with E-state index in [0.717, 1.165) is 56.4 Å². The van der Waals surface area contributed by atoms with Crippen molar-refractivity contribution in [3.05, 3.63) is 466 Å². The van der Waals surface area contributed by atoms with Crippen molar-refractivity contribution in [1.29, 1.82) is 0 Å². The van der Waals surface area contributed by atoms with Crippen LogP contribution in [0.2, 0.25) is 0 Å². The van der Waals surface area contributed by atoms with E-state index in [1.807, 2.05) is 48.5 Å². The van der Waals surface area contributed by atoms with Crippen LogP contribution in [0.4, 0.5) is 34.1 Å². The number of carbonyl (C=O) groups excluding carboxylic acids is 1. The van der Waals surface area contributed by atoms with Crippen LogP contribution < -0.4 is 31.9 Å². The molecule has 6 N–H and O–H groups in total. The largest absolute Gasteiger partial charge is 0.374 e. The van der Waals surface area contributed by atoms with Gasteiger partial charge >= 0.3 is 0 Å². The van der Waals surface area contributed by atoms with E-state index < -0.39 is 0 Å². The van der Waals surface area contributed by atoms with Crippen molar-refractivity contribution in [2.24, 2.45) is 0 Å². The lowest BCUT2D eigenvalue weighted by Gasteiger charge is -2.25. The normalized spacial score (nSPS) is 11.2. The second kappa shape index (κ2) is 30.7. The second-order valence-electron chi connectivity index (χ2n) is 24.7. The van der Waals surface area contributed by atoms with Gasteiger partial charge in [0.15, 0.2) is 5.78 Å². The standard InChI is InChI=1S/C91H76N6O/c98-91(77-49-61-83(62-50-77)96-89(73-41-53-79(54-42-73)92-85(65-25-9-1-10-26-65)66-27-11-2-12-28-66)74-43-55-80(56-44-74)93-86(67-29-13-3-14-30-67)68-31-15-4-16-32-68)78-51-63-84(64-52-78)97-90(75-45-57-81(58-46-75)94-87(69-33-17-5-18-34-69)70-35-19-6-20-36-70)76-47-59-82(60-48-76)95-88(71-37-21-7-22-38-71)72-39-23-8-24-40-72/h1-64,85-90,92-97H. The van der Waals surface area contributed by atoms with Gasteiger partial charge in [0.2, 0.25) is 0 Å². The fourth-order valence-corrected chi connectivity index (χ4v) is 13.0. The van der Waals surface area contributed by atoms with Crippen LogP contribution in [-0.4, -0.2) is 5.78 Å². The van der Waals surface area contributed by atoms with Crippen molar-refractivity contribution >= 4 is 39.9 Å². The molecule has 0 amide bonds. The monoisotopic (exact) mass is 1270 g/mol. The first-order valence-electron chi connectivity index (χ1n) is 33.6. The molecule has 0 spiro atoms. The smallest absolute Gasteiger partial charge is 0.193 e. The average Bonchev–Trinajstić information content (AvgIpc) is 1.10. The Kier molecular flexibility index (Phi) is 19.8. The summed E-state index contributed by atoms with van der Waals surface area (Å²) in [4.78, 5) is 14.5. The zero-order valence-corrected chi connectivity index (χ0v) is 54.3. The van der Waals surface area contributed by atoms with Crippen molar-refractivity contribution in [1.82, 2.24) is 0 Å². The molecule has 476 valence electrons. The average molecular weight is 1270 g/mol. The van der Waals surface area contributed by atoms with E-state index in [-0.39, 0.29) is 42.0 Å². The maximum atomic E-state index is 14.5. The minimum atomic E-state index is -0.232. The van der Waals surface area contributed by atoms with Gasteiger partial charge in [0.25, 0.3) is 0 Å². The van der Waals surface area contributed by atoms with E-state index in [1.165, 1.54) is 44.5 Å². The minimum Gasteiger partial charge on any atom is -0.374 e. The molecule has 14 rings (SSSR count). The summed E-state index contributed by atoms with van der Waals surface area (Å²) < 4.78 is 0. The van der Waals surface area contributed by atoms with Gasteiger partial charge in [-0.25, -0.2) is 0 Å². The molecule has 0 aromatic heterocycles. The van der Waals surface area contributed by atoms with Gasteiger partial charge in [0.1, 0.15) is 0 Å². The molecular formula is C91H76N6O. The number of hydrogen-bond acceptors (Lipinski definition) is 7. The maximum Gasteiger partial charge on any atom is 0.193 e. The van der Waals surface area contributed by atoms with Gasteiger partial charge in [-0.05, 0) is 164 Å². The van der Waals surface area contributed by atoms with E-state index in [0.29, 0.717) is 11.1 Å². The molecule has 0 atom stereocenters. The van der Waals surface area contributed by atoms with Crippen LogP contribution in [0.25, 0.3) is 0 Å². The maximum absolute atomic E-state index is 14.5. The van der Waals surface area contributed by atoms with Crippen LogP contribution in [0.3, 0.4) is 0 Å². The molecule has 0 aliphatic heterocycles. The summed E-state index contributed by atoms with van der Waals surface area (Å²) in [5.74, 6) is -0.0595. The summed E-state index contributed by atoms with van der Waals surface area (Å²) in [7, 11) is 0. The lowest BCUT2D eigenvalue weighted by molar-refractivity contribution is 0.103. The number of ketones is 1. The zero-order valence-electron chi connectivity index (χ0n) is 54.3. The highest BCUT2D eigenvalue weighted by Gasteiger charge is 2.23. The highest BCUT2D eigenvalue weighted by atomic mass is 16.1. The number of anilines is 6. The number of hydrogen-bond donors (Lipinski definition) is 6. The molecule has 7 nitrogen and oxygen atoms in total. The highest BCUT2D eigenvalue weighted by molar-refractivity contribution is 6.09. The van der Waals surface area contributed by atoms with Crippen molar-refractivity contribution in [3.63, 3.8) is 0 Å². The van der Waals surface area contributed by atoms with Crippen molar-refractivity contribution in [2.75, 3.05) is 31.9 Å². The number of nitrogens with one attached hydrogen (secondary N) is 6. The number of rotatable bonds is 26. The minimum absolute atomic E-state index is 0.0357. The molecule has 0 aliphatic carbocycles. The fraction of sp³-hybridized carbons (Fsp3) is 0.0659. The molecule has 14 aromatic carbocycles. The third kappa shape index (κ3) is 15.5. The van der Waals surface area contributed by atoms with Crippen LogP contribution in [0.1, 0.15) is 119 Å². The second-order valence-corrected chi connectivity index (χ2v) is 24.7. The quantitative estimate of drug-likeness (QED) is 0.0301. The summed E-state index contributed by atoms with van der Waals surface area (Å²) in [6.07, 6.45) is 0. The molecule has 0 fully saturated rings. The molecule has 0 unspecified atom stereocenters. The van der Waals surface area contributed by atoms with Crippen LogP contribution in [-0.2, 0) is 0 Å². The molecule has 0 heterocycles. The molecule has 7 heteroatoms. The van der Waals surface area contributed by atoms with Gasteiger partial charge in [-0.2, -0.15) is 0 Å². The van der Waals surface area contributed by atoms with Gasteiger partial charge in [-0.3, -0.25) is 4.79 Å². The van der Waals surface area contributed by atoms with Gasteiger partial charge in [0.05, 0.1) is 36.3 Å². The van der Waals surface area contributed by atoms with Gasteiger partial charge in [0, 0.05) is 45.3 Å². The molecule has 0 aliphatic rings. The van der Waals surface area contributed by atoms with E-state index in [1.54, 1.807) is 0 Å². The molecule has 98 heavy (non-hydrogen) atoms. The summed E-state index contributed by atoms with van der Waals surface area (Å²) >= 11 is 0. The van der Waals surface area contributed by atoms with E-state index in [4.69, 9.17) is 0 Å². The van der Waals surface area contributed by atoms with Crippen molar-refractivity contribution in [2.45, 2.75) is 36.3 Å². The summed E-state index contributed by atoms with van der Waals surface area (Å²) in [6.45, 7) is 0. The first-order chi connectivity index (χ1) is 48.5. The summed E-state index contributed by atoms with van der Waals surface area (Å²) in [5, 5.41) is 23.1. The van der Waals surface area contributed by atoms with Crippen molar-refractivity contribution < 1.29 is 4.79 Å². The Morgan fingerprint density at radius 1 is 0.153 bits per heavy atom. The Morgan fingerprint density at radius 2 is 0.276 bits per heavy atom. The van der Waals surface area contributed by atoms with E-state index >= 15 is 0 Å². The molecule has 0 saturated carbocycles. The third-order valence-electron chi connectivity index (χ3n) is 18.2. The predicted molar refractivity (Wildman–Crippen MR) is 406 cm³/mol. The lowest BCUT2D eigenvalue weighted by Crippen LogP contribution is -2.15. The first-order valence-corrected chi connectivity index (χ1v) is 33.6. The zero-order chi connectivity index (χ0) is 66.1. The lowest BCUT2D eigenvalue weighted by atomic mass is 9.95. The number of benzene rings is 14. The van der Waals surface area contributed by atoms with Crippen molar-refractivity contribution in [3.8, 4) is 0 Å². The third-order valence-corrected chi connectivity index (χ3v) is 18.2. The molecule has 14 aromatic rings. The number of carbonyl (C=O) groups is 1. The van der Waals surface area contributed by atoms with E-state index in [2.05, 4.69) is 372 Å². The topological polar surface area (TPSA) is 89.2 Å². The van der Waals surface area contributed by atoms with Gasteiger partial charge in [-0.15, -0.1) is 0 Å². The summed E-state index contributed by atoms with van der Waals surface area (Å²) in [6, 6.07) is 135. The van der Waals surface area contributed by atoms with Crippen LogP contribution in [0, 0.1) is 0 Å². The molecular weight excluding hydrogens is 1190 g/mol. The van der Waals surface area contributed by atoms with Crippen LogP contribution >= 0.6 is 0 Å². The fourth-order valence-electron chi connectivity index (χ4n) is 13.0. The Labute approximate surface area is 575 Å². The SMILES string of the molecule is O=C(c1ccc(NC(c2ccc(NC(c3ccccc3)c3ccccc3)cc2)c2ccc(NC(c3ccccc3)c3ccccc3)cc2)cc1)c1ccc(NC(c2ccc(NC(c3ccccc3)c3ccccc3)cc2)c2ccc(NC(c3ccccc3)c3ccccc3)cc2)cc1. The summed E-state index contributed by atoms with van der Waals surface area (Å²) in [5.41, 5.74) is 20.8. The molecule has 0 bridgehead atoms. The van der Waals surface area contributed by atoms with E-state index in [9.17, 15) is 4.79 Å². The Bertz CT molecular complexity index is 4020. The van der Waals surface area contributed by atoms with Gasteiger partial charge < -0.3 is 31.9 Å². The molecule has 0 radical (unpaired) electrons. The Balaban J connectivity index is 0.712. The van der Waals surface area contributed by atoms with Crippen LogP contribution in [0.5, 0.6) is 0 Å². The van der Waals surface area contributed by atoms with Crippen LogP contribution in [0.15, 0.2) is 388 Å². The Hall–Kier alpha value is -12.5. The predicted octanol–water partition coefficient (Wildman–Crippen LogP) is 22.1. The first kappa shape index (κ1) is 63.0. The Morgan fingerprint density at radius 3 is 0.418 bits per heavy atom. The molecule has 0 saturated heterocycles. The highest BCUT2D eigenvalue weighted by Crippen LogP contribution is 2.37.